The first-order chi connectivity index (χ1) is 9.32. The normalized spacial score (nSPS) is 10.9. The van der Waals surface area contributed by atoms with Gasteiger partial charge in [-0.15, -0.1) is 0 Å². The number of primary amides is 1. The number of nitrogens with zero attached hydrogens (tertiary/aromatic N) is 2. The zero-order valence-electron chi connectivity index (χ0n) is 10.9. The molecule has 0 aromatic carbocycles. The lowest BCUT2D eigenvalue weighted by atomic mass is 10.3. The minimum atomic E-state index is -0.904. The minimum absolute atomic E-state index is 0.311. The molecule has 0 bridgehead atoms. The van der Waals surface area contributed by atoms with Crippen LogP contribution in [0.3, 0.4) is 0 Å². The van der Waals surface area contributed by atoms with Gasteiger partial charge in [0.1, 0.15) is 0 Å². The summed E-state index contributed by atoms with van der Waals surface area (Å²) in [6, 6.07) is 3.70. The van der Waals surface area contributed by atoms with Gasteiger partial charge in [-0.1, -0.05) is 31.3 Å². The van der Waals surface area contributed by atoms with Crippen LogP contribution in [0.25, 0.3) is 0 Å². The molecule has 0 aliphatic heterocycles. The third-order valence-electron chi connectivity index (χ3n) is 2.02. The summed E-state index contributed by atoms with van der Waals surface area (Å²) in [5.74, 6) is 0.465. The summed E-state index contributed by atoms with van der Waals surface area (Å²) >= 11 is 6.90. The standard InChI is InChI=1S/C10H14N2O2S2.CH3NOS/c1-16(14)6-5-12(10(13)15)8-9-3-2-4-11-7-9;2-1(3)4/h2-4,7H,5-6,8H2,1H3,(H,13,15);(H3,2,3,4). The predicted octanol–water partition coefficient (Wildman–Crippen LogP) is 1.31. The van der Waals surface area contributed by atoms with E-state index < -0.39 is 16.0 Å². The first-order valence-electron chi connectivity index (χ1n) is 5.48. The Morgan fingerprint density at radius 2 is 2.05 bits per heavy atom. The highest BCUT2D eigenvalue weighted by molar-refractivity contribution is 7.96. The van der Waals surface area contributed by atoms with E-state index in [2.05, 4.69) is 36.0 Å². The number of amides is 2. The molecule has 9 heteroatoms. The highest BCUT2D eigenvalue weighted by Gasteiger charge is 2.10. The third kappa shape index (κ3) is 10.8. The molecule has 1 aromatic heterocycles. The Kier molecular flexibility index (Phi) is 10.1. The van der Waals surface area contributed by atoms with Crippen molar-refractivity contribution in [2.45, 2.75) is 6.54 Å². The van der Waals surface area contributed by atoms with Crippen molar-refractivity contribution in [2.24, 2.45) is 5.73 Å². The van der Waals surface area contributed by atoms with Crippen molar-refractivity contribution in [2.75, 3.05) is 18.6 Å². The van der Waals surface area contributed by atoms with Crippen molar-refractivity contribution in [3.05, 3.63) is 30.1 Å². The second-order valence-corrected chi connectivity index (χ2v) is 6.06. The molecule has 112 valence electrons. The maximum atomic E-state index is 11.2. The molecule has 6 nitrogen and oxygen atoms in total. The van der Waals surface area contributed by atoms with Crippen LogP contribution < -0.4 is 5.73 Å². The van der Waals surface area contributed by atoms with E-state index in [4.69, 9.17) is 4.79 Å². The zero-order valence-corrected chi connectivity index (χ0v) is 13.5. The van der Waals surface area contributed by atoms with Crippen LogP contribution in [0.2, 0.25) is 0 Å². The van der Waals surface area contributed by atoms with Gasteiger partial charge in [-0.05, 0) is 11.6 Å². The lowest BCUT2D eigenvalue weighted by molar-refractivity contribution is 0.224. The largest absolute Gasteiger partial charge is 0.361 e. The fraction of sp³-hybridized carbons (Fsp3) is 0.364. The van der Waals surface area contributed by atoms with Crippen LogP contribution in [0.15, 0.2) is 24.5 Å². The lowest BCUT2D eigenvalue weighted by Gasteiger charge is -2.19. The van der Waals surface area contributed by atoms with Gasteiger partial charge in [0.25, 0.3) is 10.5 Å². The van der Waals surface area contributed by atoms with E-state index in [1.807, 2.05) is 12.1 Å². The Bertz CT molecular complexity index is 453. The number of carbonyl (C=O) groups excluding carboxylic acids is 2. The summed E-state index contributed by atoms with van der Waals surface area (Å²) in [4.78, 5) is 25.8. The highest BCUT2D eigenvalue weighted by atomic mass is 32.2. The first kappa shape index (κ1) is 18.9. The van der Waals surface area contributed by atoms with Crippen molar-refractivity contribution < 1.29 is 13.8 Å². The molecule has 20 heavy (non-hydrogen) atoms. The fourth-order valence-electron chi connectivity index (χ4n) is 1.19. The number of pyridine rings is 1. The van der Waals surface area contributed by atoms with Crippen LogP contribution in [0.1, 0.15) is 5.56 Å². The van der Waals surface area contributed by atoms with Crippen LogP contribution in [0.4, 0.5) is 9.59 Å². The summed E-state index contributed by atoms with van der Waals surface area (Å²) in [5.41, 5.74) is 5.27. The summed E-state index contributed by atoms with van der Waals surface area (Å²) in [7, 11) is -0.904. The SMILES string of the molecule is CS(=O)CCN(Cc1cccnc1)C(=O)S.NC(=O)S. The van der Waals surface area contributed by atoms with Crippen molar-refractivity contribution in [1.29, 1.82) is 0 Å². The van der Waals surface area contributed by atoms with Gasteiger partial charge in [0.05, 0.1) is 0 Å². The summed E-state index contributed by atoms with van der Waals surface area (Å²) in [6.07, 6.45) is 5.00. The number of nitrogens with two attached hydrogens (primary N) is 1. The van der Waals surface area contributed by atoms with Gasteiger partial charge in [0.15, 0.2) is 0 Å². The minimum Gasteiger partial charge on any atom is -0.361 e. The monoisotopic (exact) mass is 335 g/mol. The van der Waals surface area contributed by atoms with Gasteiger partial charge in [-0.3, -0.25) is 18.8 Å². The van der Waals surface area contributed by atoms with Crippen molar-refractivity contribution >= 4 is 46.5 Å². The van der Waals surface area contributed by atoms with E-state index in [1.165, 1.54) is 0 Å². The average molecular weight is 335 g/mol. The number of carbonyl (C=O) groups is 2. The van der Waals surface area contributed by atoms with Crippen molar-refractivity contribution in [3.8, 4) is 0 Å². The van der Waals surface area contributed by atoms with E-state index in [0.29, 0.717) is 18.8 Å². The van der Waals surface area contributed by atoms with Crippen LogP contribution in [-0.4, -0.2) is 43.1 Å². The molecule has 2 N–H and O–H groups in total. The summed E-state index contributed by atoms with van der Waals surface area (Å²) < 4.78 is 11.0. The molecule has 1 atom stereocenters. The molecule has 1 rings (SSSR count). The second-order valence-electron chi connectivity index (χ2n) is 3.68. The van der Waals surface area contributed by atoms with E-state index >= 15 is 0 Å². The van der Waals surface area contributed by atoms with Crippen LogP contribution in [0, 0.1) is 0 Å². The average Bonchev–Trinajstić information content (AvgIpc) is 2.34. The maximum absolute atomic E-state index is 11.2. The van der Waals surface area contributed by atoms with Gasteiger partial charge in [0.2, 0.25) is 0 Å². The van der Waals surface area contributed by atoms with E-state index in [0.717, 1.165) is 5.56 Å². The summed E-state index contributed by atoms with van der Waals surface area (Å²) in [5, 5.41) is -0.950. The van der Waals surface area contributed by atoms with Gasteiger partial charge in [-0.2, -0.15) is 0 Å². The molecule has 0 spiro atoms. The Labute approximate surface area is 131 Å². The molecule has 0 fully saturated rings. The molecule has 1 unspecified atom stereocenters. The smallest absolute Gasteiger partial charge is 0.278 e. The van der Waals surface area contributed by atoms with Crippen LogP contribution >= 0.6 is 25.3 Å². The van der Waals surface area contributed by atoms with Gasteiger partial charge in [0, 0.05) is 48.3 Å². The number of aromatic nitrogens is 1. The Hall–Kier alpha value is -1.06. The zero-order chi connectivity index (χ0) is 15.5. The number of hydrogen-bond donors (Lipinski definition) is 3. The van der Waals surface area contributed by atoms with Gasteiger partial charge < -0.3 is 10.6 Å². The molecule has 0 saturated heterocycles. The quantitative estimate of drug-likeness (QED) is 0.707. The van der Waals surface area contributed by atoms with E-state index in [9.17, 15) is 9.00 Å². The molecule has 1 aromatic rings. The number of rotatable bonds is 5. The van der Waals surface area contributed by atoms with Gasteiger partial charge in [-0.25, -0.2) is 0 Å². The van der Waals surface area contributed by atoms with Crippen LogP contribution in [-0.2, 0) is 17.3 Å². The molecule has 0 aliphatic rings. The third-order valence-corrected chi connectivity index (χ3v) is 3.06. The van der Waals surface area contributed by atoms with Crippen molar-refractivity contribution in [1.82, 2.24) is 9.88 Å². The lowest BCUT2D eigenvalue weighted by Crippen LogP contribution is -2.29. The molecule has 0 aliphatic carbocycles. The maximum Gasteiger partial charge on any atom is 0.278 e. The molecular formula is C11H17N3O3S3. The highest BCUT2D eigenvalue weighted by Crippen LogP contribution is 2.05. The molecule has 0 radical (unpaired) electrons. The van der Waals surface area contributed by atoms with Gasteiger partial charge >= 0.3 is 0 Å². The molecule has 2 amide bonds. The second kappa shape index (κ2) is 10.7. The molecule has 0 saturated carbocycles. The first-order valence-corrected chi connectivity index (χ1v) is 8.10. The Morgan fingerprint density at radius 3 is 2.45 bits per heavy atom. The molecular weight excluding hydrogens is 318 g/mol. The number of thiol groups is 2. The Morgan fingerprint density at radius 1 is 1.45 bits per heavy atom. The Balaban J connectivity index is 0.000000796. The molecule has 1 heterocycles. The van der Waals surface area contributed by atoms with Crippen LogP contribution in [0.5, 0.6) is 0 Å². The predicted molar refractivity (Wildman–Crippen MR) is 86.5 cm³/mol. The van der Waals surface area contributed by atoms with E-state index in [-0.39, 0.29) is 5.24 Å². The topological polar surface area (TPSA) is 93.4 Å². The van der Waals surface area contributed by atoms with Crippen molar-refractivity contribution in [3.63, 3.8) is 0 Å². The van der Waals surface area contributed by atoms with E-state index in [1.54, 1.807) is 23.5 Å². The fourth-order valence-corrected chi connectivity index (χ4v) is 1.84. The summed E-state index contributed by atoms with van der Waals surface area (Å²) in [6.45, 7) is 0.897. The number of hydrogen-bond acceptors (Lipinski definition) is 4.